The molecule has 29 heavy (non-hydrogen) atoms. The van der Waals surface area contributed by atoms with Gasteiger partial charge in [0.15, 0.2) is 0 Å². The molecule has 1 saturated heterocycles. The van der Waals surface area contributed by atoms with E-state index in [2.05, 4.69) is 29.1 Å². The van der Waals surface area contributed by atoms with E-state index in [1.807, 2.05) is 11.8 Å². The number of carbonyl (C=O) groups excluding carboxylic acids is 2. The van der Waals surface area contributed by atoms with Gasteiger partial charge in [-0.2, -0.15) is 0 Å². The Balaban J connectivity index is 1.62. The third kappa shape index (κ3) is 5.54. The molecular formula is C22H27ClN4O2. The Morgan fingerprint density at radius 3 is 2.45 bits per heavy atom. The van der Waals surface area contributed by atoms with Crippen LogP contribution in [-0.4, -0.2) is 39.8 Å². The molecule has 2 heterocycles. The summed E-state index contributed by atoms with van der Waals surface area (Å²) in [7, 11) is 0. The maximum Gasteiger partial charge on any atom is 0.259 e. The predicted octanol–water partition coefficient (Wildman–Crippen LogP) is 4.44. The summed E-state index contributed by atoms with van der Waals surface area (Å²) in [5.74, 6) is 1.32. The summed E-state index contributed by atoms with van der Waals surface area (Å²) < 4.78 is 0. The first-order valence-electron chi connectivity index (χ1n) is 10.0. The fraction of sp³-hybridized carbons (Fsp3) is 0.455. The zero-order valence-electron chi connectivity index (χ0n) is 17.1. The van der Waals surface area contributed by atoms with Crippen LogP contribution in [-0.2, 0) is 4.79 Å². The minimum absolute atomic E-state index is 0.213. The first-order valence-corrected chi connectivity index (χ1v) is 10.4. The van der Waals surface area contributed by atoms with Crippen LogP contribution in [0.4, 0.5) is 5.69 Å². The van der Waals surface area contributed by atoms with Gasteiger partial charge >= 0.3 is 0 Å². The molecule has 0 radical (unpaired) electrons. The van der Waals surface area contributed by atoms with E-state index in [0.717, 1.165) is 31.8 Å². The normalized spacial score (nSPS) is 14.9. The summed E-state index contributed by atoms with van der Waals surface area (Å²) in [4.78, 5) is 35.8. The van der Waals surface area contributed by atoms with Gasteiger partial charge in [-0.25, -0.2) is 9.97 Å². The molecule has 1 N–H and O–H groups in total. The quantitative estimate of drug-likeness (QED) is 0.784. The van der Waals surface area contributed by atoms with Crippen LogP contribution >= 0.6 is 11.6 Å². The van der Waals surface area contributed by atoms with Crippen molar-refractivity contribution in [3.8, 4) is 0 Å². The number of aryl methyl sites for hydroxylation is 1. The molecule has 1 aromatic carbocycles. The number of hydrogen-bond acceptors (Lipinski definition) is 4. The standard InChI is InChI=1S/C22H27ClN4O2/c1-14(2)12-20(28)27-10-8-16(9-11-27)21-24-13-19(15(3)25-21)22(29)26-18-6-4-17(23)5-7-18/h4-7,13-14,16H,8-12H2,1-3H3,(H,26,29). The van der Waals surface area contributed by atoms with Gasteiger partial charge in [-0.15, -0.1) is 0 Å². The summed E-state index contributed by atoms with van der Waals surface area (Å²) >= 11 is 5.88. The number of anilines is 1. The van der Waals surface area contributed by atoms with Crippen LogP contribution in [0.2, 0.25) is 5.02 Å². The van der Waals surface area contributed by atoms with Gasteiger partial charge in [0.05, 0.1) is 11.3 Å². The van der Waals surface area contributed by atoms with Crippen LogP contribution in [0.15, 0.2) is 30.5 Å². The van der Waals surface area contributed by atoms with Crippen molar-refractivity contribution in [2.75, 3.05) is 18.4 Å². The van der Waals surface area contributed by atoms with E-state index in [1.54, 1.807) is 30.5 Å². The van der Waals surface area contributed by atoms with Crippen molar-refractivity contribution in [2.24, 2.45) is 5.92 Å². The number of piperidine rings is 1. The van der Waals surface area contributed by atoms with Crippen LogP contribution in [0, 0.1) is 12.8 Å². The van der Waals surface area contributed by atoms with Crippen molar-refractivity contribution in [3.63, 3.8) is 0 Å². The van der Waals surface area contributed by atoms with Crippen LogP contribution in [0.5, 0.6) is 0 Å². The number of halogens is 1. The lowest BCUT2D eigenvalue weighted by atomic mass is 9.95. The monoisotopic (exact) mass is 414 g/mol. The smallest absolute Gasteiger partial charge is 0.259 e. The number of nitrogens with zero attached hydrogens (tertiary/aromatic N) is 3. The molecule has 2 aromatic rings. The molecule has 0 bridgehead atoms. The Labute approximate surface area is 176 Å². The molecule has 7 heteroatoms. The Kier molecular flexibility index (Phi) is 6.85. The Hall–Kier alpha value is -2.47. The molecule has 0 atom stereocenters. The van der Waals surface area contributed by atoms with Crippen molar-refractivity contribution in [1.29, 1.82) is 0 Å². The fourth-order valence-electron chi connectivity index (χ4n) is 3.50. The molecule has 1 aromatic heterocycles. The summed E-state index contributed by atoms with van der Waals surface area (Å²) in [6.07, 6.45) is 3.89. The zero-order valence-corrected chi connectivity index (χ0v) is 17.9. The van der Waals surface area contributed by atoms with Gasteiger partial charge in [0, 0.05) is 42.3 Å². The molecule has 0 aliphatic carbocycles. The van der Waals surface area contributed by atoms with E-state index in [9.17, 15) is 9.59 Å². The molecule has 1 aliphatic rings. The summed E-state index contributed by atoms with van der Waals surface area (Å²) in [6.45, 7) is 7.41. The van der Waals surface area contributed by atoms with Crippen molar-refractivity contribution in [1.82, 2.24) is 14.9 Å². The number of likely N-dealkylation sites (tertiary alicyclic amines) is 1. The first-order chi connectivity index (χ1) is 13.8. The second-order valence-corrected chi connectivity index (χ2v) is 8.38. The van der Waals surface area contributed by atoms with E-state index in [-0.39, 0.29) is 17.7 Å². The molecule has 3 rings (SSSR count). The number of hydrogen-bond donors (Lipinski definition) is 1. The number of carbonyl (C=O) groups is 2. The molecule has 6 nitrogen and oxygen atoms in total. The average molecular weight is 415 g/mol. The Bertz CT molecular complexity index is 875. The van der Waals surface area contributed by atoms with E-state index in [1.165, 1.54) is 0 Å². The van der Waals surface area contributed by atoms with Crippen LogP contribution in [0.3, 0.4) is 0 Å². The topological polar surface area (TPSA) is 75.2 Å². The van der Waals surface area contributed by atoms with Crippen molar-refractivity contribution in [2.45, 2.75) is 46.0 Å². The lowest BCUT2D eigenvalue weighted by molar-refractivity contribution is -0.133. The van der Waals surface area contributed by atoms with Gasteiger partial charge < -0.3 is 10.2 Å². The van der Waals surface area contributed by atoms with Gasteiger partial charge in [0.1, 0.15) is 5.82 Å². The summed E-state index contributed by atoms with van der Waals surface area (Å²) in [5, 5.41) is 3.45. The number of nitrogens with one attached hydrogen (secondary N) is 1. The highest BCUT2D eigenvalue weighted by molar-refractivity contribution is 6.30. The second-order valence-electron chi connectivity index (χ2n) is 7.94. The van der Waals surface area contributed by atoms with E-state index in [4.69, 9.17) is 11.6 Å². The molecule has 154 valence electrons. The van der Waals surface area contributed by atoms with Gasteiger partial charge in [0.2, 0.25) is 5.91 Å². The SMILES string of the molecule is Cc1nc(C2CCN(C(=O)CC(C)C)CC2)ncc1C(=O)Nc1ccc(Cl)cc1. The maximum atomic E-state index is 12.5. The van der Waals surface area contributed by atoms with Crippen molar-refractivity contribution in [3.05, 3.63) is 52.6 Å². The third-order valence-corrected chi connectivity index (χ3v) is 5.39. The lowest BCUT2D eigenvalue weighted by Gasteiger charge is -2.32. The van der Waals surface area contributed by atoms with Crippen molar-refractivity contribution >= 4 is 29.1 Å². The van der Waals surface area contributed by atoms with E-state index in [0.29, 0.717) is 34.3 Å². The molecule has 0 unspecified atom stereocenters. The molecule has 1 fully saturated rings. The highest BCUT2D eigenvalue weighted by atomic mass is 35.5. The molecular weight excluding hydrogens is 388 g/mol. The van der Waals surface area contributed by atoms with Crippen LogP contribution in [0.1, 0.15) is 60.9 Å². The second kappa shape index (κ2) is 9.35. The Morgan fingerprint density at radius 1 is 1.21 bits per heavy atom. The van der Waals surface area contributed by atoms with E-state index >= 15 is 0 Å². The summed E-state index contributed by atoms with van der Waals surface area (Å²) in [5.41, 5.74) is 1.77. The first kappa shape index (κ1) is 21.2. The minimum Gasteiger partial charge on any atom is -0.343 e. The third-order valence-electron chi connectivity index (χ3n) is 5.14. The minimum atomic E-state index is -0.245. The number of rotatable bonds is 5. The molecule has 0 saturated carbocycles. The Morgan fingerprint density at radius 2 is 1.86 bits per heavy atom. The fourth-order valence-corrected chi connectivity index (χ4v) is 3.63. The van der Waals surface area contributed by atoms with Gasteiger partial charge in [-0.3, -0.25) is 9.59 Å². The number of amides is 2. The highest BCUT2D eigenvalue weighted by Gasteiger charge is 2.26. The van der Waals surface area contributed by atoms with Crippen LogP contribution < -0.4 is 5.32 Å². The predicted molar refractivity (Wildman–Crippen MR) is 114 cm³/mol. The van der Waals surface area contributed by atoms with Crippen LogP contribution in [0.25, 0.3) is 0 Å². The lowest BCUT2D eigenvalue weighted by Crippen LogP contribution is -2.38. The number of benzene rings is 1. The average Bonchev–Trinajstić information content (AvgIpc) is 2.69. The zero-order chi connectivity index (χ0) is 21.0. The summed E-state index contributed by atoms with van der Waals surface area (Å²) in [6, 6.07) is 6.95. The van der Waals surface area contributed by atoms with Gasteiger partial charge in [0.25, 0.3) is 5.91 Å². The molecule has 2 amide bonds. The highest BCUT2D eigenvalue weighted by Crippen LogP contribution is 2.27. The maximum absolute atomic E-state index is 12.5. The number of aromatic nitrogens is 2. The largest absolute Gasteiger partial charge is 0.343 e. The van der Waals surface area contributed by atoms with Gasteiger partial charge in [-0.1, -0.05) is 25.4 Å². The van der Waals surface area contributed by atoms with Crippen molar-refractivity contribution < 1.29 is 9.59 Å². The van der Waals surface area contributed by atoms with E-state index < -0.39 is 0 Å². The molecule has 1 aliphatic heterocycles. The molecule has 0 spiro atoms. The van der Waals surface area contributed by atoms with Gasteiger partial charge in [-0.05, 0) is 49.9 Å².